The van der Waals surface area contributed by atoms with Crippen LogP contribution in [0.3, 0.4) is 0 Å². The van der Waals surface area contributed by atoms with E-state index in [1.165, 1.54) is 11.1 Å². The molecule has 1 aliphatic heterocycles. The summed E-state index contributed by atoms with van der Waals surface area (Å²) in [5.74, 6) is -3.41. The van der Waals surface area contributed by atoms with Gasteiger partial charge in [0.1, 0.15) is 23.9 Å². The van der Waals surface area contributed by atoms with Crippen molar-refractivity contribution in [3.05, 3.63) is 35.5 Å². The lowest BCUT2D eigenvalue weighted by molar-refractivity contribution is -0.139. The number of pyridine rings is 1. The van der Waals surface area contributed by atoms with Crippen LogP contribution in [-0.4, -0.2) is 99.1 Å². The maximum Gasteiger partial charge on any atom is 0.303 e. The number of carbonyl (C=O) groups excluding carboxylic acids is 4. The molecule has 1 unspecified atom stereocenters. The highest BCUT2D eigenvalue weighted by Gasteiger charge is 2.43. The fourth-order valence-corrected chi connectivity index (χ4v) is 4.51. The number of rotatable bonds is 14. The Morgan fingerprint density at radius 2 is 1.79 bits per heavy atom. The zero-order valence-corrected chi connectivity index (χ0v) is 23.4. The molecule has 4 atom stereocenters. The number of amides is 4. The minimum atomic E-state index is -1.30. The summed E-state index contributed by atoms with van der Waals surface area (Å²) in [6, 6.07) is 0.0321. The molecule has 0 fully saturated rings. The van der Waals surface area contributed by atoms with Gasteiger partial charge in [-0.05, 0) is 17.5 Å². The topological polar surface area (TPSA) is 267 Å². The number of aromatic nitrogens is 9. The van der Waals surface area contributed by atoms with Crippen LogP contribution in [0.5, 0.6) is 0 Å². The van der Waals surface area contributed by atoms with Gasteiger partial charge in [-0.1, -0.05) is 36.8 Å². The molecule has 1 aliphatic rings. The van der Waals surface area contributed by atoms with E-state index in [0.717, 1.165) is 0 Å². The summed E-state index contributed by atoms with van der Waals surface area (Å²) >= 11 is 0. The molecular weight excluding hydrogens is 566 g/mol. The minimum Gasteiger partial charge on any atom is -0.481 e. The lowest BCUT2D eigenvalue weighted by Gasteiger charge is -2.30. The van der Waals surface area contributed by atoms with E-state index in [-0.39, 0.29) is 49.2 Å². The van der Waals surface area contributed by atoms with E-state index in [0.29, 0.717) is 12.0 Å². The molecule has 0 bridgehead atoms. The van der Waals surface area contributed by atoms with Gasteiger partial charge in [-0.2, -0.15) is 10.4 Å². The number of fused-ring (bicyclic) bond motifs is 1. The molecule has 0 saturated heterocycles. The first-order chi connectivity index (χ1) is 20.7. The Kier molecular flexibility index (Phi) is 9.97. The van der Waals surface area contributed by atoms with Crippen molar-refractivity contribution in [3.8, 4) is 0 Å². The highest BCUT2D eigenvalue weighted by atomic mass is 16.4. The Labute approximate surface area is 244 Å². The summed E-state index contributed by atoms with van der Waals surface area (Å²) in [5.41, 5.74) is 0.642. The predicted molar refractivity (Wildman–Crippen MR) is 143 cm³/mol. The Balaban J connectivity index is 1.59. The van der Waals surface area contributed by atoms with Crippen molar-refractivity contribution in [1.29, 1.82) is 0 Å². The summed E-state index contributed by atoms with van der Waals surface area (Å²) in [6.07, 6.45) is 1.21. The molecule has 3 aromatic heterocycles. The molecule has 0 aliphatic carbocycles. The molecule has 0 radical (unpaired) electrons. The third kappa shape index (κ3) is 7.68. The normalized spacial score (nSPS) is 16.0. The van der Waals surface area contributed by atoms with Crippen LogP contribution < -0.4 is 20.9 Å². The average Bonchev–Trinajstić information content (AvgIpc) is 3.78. The molecule has 228 valence electrons. The lowest BCUT2D eigenvalue weighted by Crippen LogP contribution is -2.59. The summed E-state index contributed by atoms with van der Waals surface area (Å²) in [6.45, 7) is 3.52. The Morgan fingerprint density at radius 3 is 2.44 bits per heavy atom. The quantitative estimate of drug-likeness (QED) is 0.115. The van der Waals surface area contributed by atoms with Crippen LogP contribution in [0.2, 0.25) is 0 Å². The van der Waals surface area contributed by atoms with E-state index >= 15 is 0 Å². The molecule has 0 aromatic carbocycles. The lowest BCUT2D eigenvalue weighted by atomic mass is 9.97. The van der Waals surface area contributed by atoms with Gasteiger partial charge in [-0.25, -0.2) is 4.98 Å². The number of anilines is 1. The van der Waals surface area contributed by atoms with Crippen molar-refractivity contribution in [2.24, 2.45) is 5.92 Å². The van der Waals surface area contributed by atoms with Crippen molar-refractivity contribution in [2.75, 3.05) is 4.90 Å². The van der Waals surface area contributed by atoms with Crippen molar-refractivity contribution in [1.82, 2.24) is 62.2 Å². The monoisotopic (exact) mass is 597 g/mol. The average molecular weight is 598 g/mol. The second-order valence-corrected chi connectivity index (χ2v) is 9.88. The highest BCUT2D eigenvalue weighted by molar-refractivity contribution is 6.06. The van der Waals surface area contributed by atoms with Crippen LogP contribution in [0.1, 0.15) is 50.3 Å². The van der Waals surface area contributed by atoms with E-state index in [2.05, 4.69) is 62.2 Å². The largest absolute Gasteiger partial charge is 0.481 e. The second kappa shape index (κ2) is 14.0. The van der Waals surface area contributed by atoms with Crippen LogP contribution in [0, 0.1) is 5.92 Å². The first-order valence-corrected chi connectivity index (χ1v) is 13.5. The van der Waals surface area contributed by atoms with Crippen molar-refractivity contribution < 1.29 is 29.1 Å². The molecule has 6 N–H and O–H groups in total. The van der Waals surface area contributed by atoms with Crippen molar-refractivity contribution >= 4 is 35.4 Å². The van der Waals surface area contributed by atoms with Gasteiger partial charge < -0.3 is 21.1 Å². The number of aliphatic carboxylic acids is 1. The van der Waals surface area contributed by atoms with Crippen LogP contribution in [-0.2, 0) is 43.4 Å². The number of aromatic amines is 2. The third-order valence-electron chi connectivity index (χ3n) is 6.94. The molecule has 3 aromatic rings. The van der Waals surface area contributed by atoms with Gasteiger partial charge >= 0.3 is 5.97 Å². The van der Waals surface area contributed by atoms with Crippen LogP contribution in [0.15, 0.2) is 18.3 Å². The predicted octanol–water partition coefficient (Wildman–Crippen LogP) is -2.19. The zero-order chi connectivity index (χ0) is 30.9. The number of H-pyrrole nitrogens is 2. The number of hydrogen-bond acceptors (Lipinski definition) is 12. The Hall–Kier alpha value is -5.36. The van der Waals surface area contributed by atoms with Gasteiger partial charge in [0.2, 0.25) is 17.7 Å². The maximum atomic E-state index is 14.2. The first-order valence-electron chi connectivity index (χ1n) is 13.5. The maximum absolute atomic E-state index is 14.2. The molecule has 0 spiro atoms. The number of nitrogens with one attached hydrogen (secondary N) is 5. The van der Waals surface area contributed by atoms with Crippen molar-refractivity contribution in [3.63, 3.8) is 0 Å². The number of tetrazole rings is 2. The van der Waals surface area contributed by atoms with Gasteiger partial charge in [0, 0.05) is 25.5 Å². The molecular formula is C24H31N13O6. The molecule has 4 heterocycles. The Morgan fingerprint density at radius 1 is 1.07 bits per heavy atom. The summed E-state index contributed by atoms with van der Waals surface area (Å²) in [5, 5.41) is 43.9. The SMILES string of the molecule is CC[C@H](C)[C@H](NC(=O)CCC(=O)O)C(=O)NC(Cc1nn[nH]n1)C(=O)N1c2ncccc2C[C@H]1C(=O)NCc1nn[nH]n1. The van der Waals surface area contributed by atoms with E-state index in [1.54, 1.807) is 19.1 Å². The first kappa shape index (κ1) is 30.6. The highest BCUT2D eigenvalue weighted by Crippen LogP contribution is 2.31. The molecule has 4 amide bonds. The standard InChI is InChI=1S/C24H31N13O6/c1-3-12(2)20(28-18(38)6-7-19(39)40)23(42)27-14(10-16-29-33-34-30-16)24(43)37-15(9-13-5-4-8-25-21(13)37)22(41)26-11-17-31-35-36-32-17/h4-5,8,12,14-15,20H,3,6-7,9-11H2,1-2H3,(H,26,41)(H,27,42)(H,28,38)(H,39,40)(H,29,30,33,34)(H,31,32,35,36)/t12-,14?,15-,20-/m0/s1. The van der Waals surface area contributed by atoms with Gasteiger partial charge in [0.25, 0.3) is 5.91 Å². The van der Waals surface area contributed by atoms with Gasteiger partial charge in [-0.3, -0.25) is 28.9 Å². The molecule has 19 nitrogen and oxygen atoms in total. The second-order valence-electron chi connectivity index (χ2n) is 9.88. The fourth-order valence-electron chi connectivity index (χ4n) is 4.51. The van der Waals surface area contributed by atoms with E-state index in [9.17, 15) is 24.0 Å². The molecule has 43 heavy (non-hydrogen) atoms. The Bertz CT molecular complexity index is 1430. The summed E-state index contributed by atoms with van der Waals surface area (Å²) < 4.78 is 0. The number of hydrogen-bond donors (Lipinski definition) is 6. The van der Waals surface area contributed by atoms with E-state index < -0.39 is 54.1 Å². The molecule has 0 saturated carbocycles. The zero-order valence-electron chi connectivity index (χ0n) is 23.4. The fraction of sp³-hybridized carbons (Fsp3) is 0.500. The molecule has 19 heteroatoms. The van der Waals surface area contributed by atoms with Crippen LogP contribution in [0.4, 0.5) is 5.82 Å². The third-order valence-corrected chi connectivity index (χ3v) is 6.94. The summed E-state index contributed by atoms with van der Waals surface area (Å²) in [7, 11) is 0. The molecule has 4 rings (SSSR count). The number of carboxylic acids is 1. The van der Waals surface area contributed by atoms with Gasteiger partial charge in [0.05, 0.1) is 13.0 Å². The number of carboxylic acid groups (broad SMARTS) is 1. The van der Waals surface area contributed by atoms with Gasteiger partial charge in [0.15, 0.2) is 11.6 Å². The van der Waals surface area contributed by atoms with E-state index in [1.807, 2.05) is 6.92 Å². The summed E-state index contributed by atoms with van der Waals surface area (Å²) in [4.78, 5) is 70.0. The number of nitrogens with zero attached hydrogens (tertiary/aromatic N) is 8. The smallest absolute Gasteiger partial charge is 0.303 e. The van der Waals surface area contributed by atoms with Crippen molar-refractivity contribution in [2.45, 2.75) is 70.6 Å². The van der Waals surface area contributed by atoms with Crippen LogP contribution in [0.25, 0.3) is 0 Å². The number of carbonyl (C=O) groups is 5. The van der Waals surface area contributed by atoms with Crippen LogP contribution >= 0.6 is 0 Å². The van der Waals surface area contributed by atoms with Gasteiger partial charge in [-0.15, -0.1) is 20.4 Å². The van der Waals surface area contributed by atoms with E-state index in [4.69, 9.17) is 5.11 Å². The minimum absolute atomic E-state index is 0.0428.